The van der Waals surface area contributed by atoms with Gasteiger partial charge in [0.05, 0.1) is 11.3 Å². The molecule has 3 heterocycles. The molecular formula is C18H23F2N7O. The third kappa shape index (κ3) is 3.71. The van der Waals surface area contributed by atoms with E-state index in [2.05, 4.69) is 20.1 Å². The largest absolute Gasteiger partial charge is 0.402 e. The number of amides is 1. The number of halogens is 2. The Balaban J connectivity index is 1.98. The molecule has 2 N–H and O–H groups in total. The van der Waals surface area contributed by atoms with E-state index in [-0.39, 0.29) is 29.2 Å². The highest BCUT2D eigenvalue weighted by Gasteiger charge is 2.33. The Morgan fingerprint density at radius 1 is 1.46 bits per heavy atom. The zero-order valence-corrected chi connectivity index (χ0v) is 16.0. The first-order chi connectivity index (χ1) is 13.3. The van der Waals surface area contributed by atoms with Crippen molar-refractivity contribution >= 4 is 17.9 Å². The highest BCUT2D eigenvalue weighted by atomic mass is 19.3. The number of rotatable bonds is 4. The van der Waals surface area contributed by atoms with Gasteiger partial charge in [-0.2, -0.15) is 10.1 Å². The van der Waals surface area contributed by atoms with Crippen LogP contribution < -0.4 is 5.73 Å². The van der Waals surface area contributed by atoms with E-state index in [4.69, 9.17) is 5.73 Å². The average molecular weight is 391 g/mol. The molecule has 0 radical (unpaired) electrons. The van der Waals surface area contributed by atoms with Crippen molar-refractivity contribution in [3.05, 3.63) is 35.1 Å². The van der Waals surface area contributed by atoms with Gasteiger partial charge >= 0.3 is 0 Å². The summed E-state index contributed by atoms with van der Waals surface area (Å²) in [5.74, 6) is -0.128. The number of aromatic nitrogens is 4. The summed E-state index contributed by atoms with van der Waals surface area (Å²) in [6.45, 7) is 4.60. The second kappa shape index (κ2) is 7.99. The SMILES string of the molecule is CN=CC(C(=O)N1CCC(C)[C@H](c2cc(C(F)F)nc3ncnn23)C1)=C(C)N. The van der Waals surface area contributed by atoms with Crippen LogP contribution in [-0.4, -0.2) is 56.7 Å². The van der Waals surface area contributed by atoms with Crippen LogP contribution in [0.1, 0.15) is 44.0 Å². The Hall–Kier alpha value is -2.91. The van der Waals surface area contributed by atoms with Crippen molar-refractivity contribution in [2.45, 2.75) is 32.6 Å². The van der Waals surface area contributed by atoms with Gasteiger partial charge in [0.15, 0.2) is 0 Å². The number of hydrogen-bond donors (Lipinski definition) is 1. The number of allylic oxidation sites excluding steroid dienone is 1. The fourth-order valence-corrected chi connectivity index (χ4v) is 3.49. The van der Waals surface area contributed by atoms with E-state index < -0.39 is 6.43 Å². The van der Waals surface area contributed by atoms with Crippen LogP contribution in [-0.2, 0) is 4.79 Å². The van der Waals surface area contributed by atoms with E-state index in [0.717, 1.165) is 6.42 Å². The van der Waals surface area contributed by atoms with Crippen molar-refractivity contribution in [2.75, 3.05) is 20.1 Å². The lowest BCUT2D eigenvalue weighted by Gasteiger charge is -2.37. The Kier molecular flexibility index (Phi) is 5.66. The lowest BCUT2D eigenvalue weighted by atomic mass is 9.84. The summed E-state index contributed by atoms with van der Waals surface area (Å²) < 4.78 is 28.1. The number of nitrogens with zero attached hydrogens (tertiary/aromatic N) is 6. The van der Waals surface area contributed by atoms with Crippen molar-refractivity contribution in [2.24, 2.45) is 16.6 Å². The smallest absolute Gasteiger partial charge is 0.280 e. The number of likely N-dealkylation sites (tertiary alicyclic amines) is 1. The number of piperidine rings is 1. The zero-order chi connectivity index (χ0) is 20.4. The molecule has 2 atom stereocenters. The van der Waals surface area contributed by atoms with Gasteiger partial charge < -0.3 is 10.6 Å². The van der Waals surface area contributed by atoms with Crippen molar-refractivity contribution in [3.8, 4) is 0 Å². The van der Waals surface area contributed by atoms with Crippen LogP contribution in [0.15, 0.2) is 28.7 Å². The molecule has 1 amide bonds. The van der Waals surface area contributed by atoms with Crippen LogP contribution in [0.4, 0.5) is 8.78 Å². The van der Waals surface area contributed by atoms with Crippen LogP contribution in [0, 0.1) is 5.92 Å². The molecule has 150 valence electrons. The summed E-state index contributed by atoms with van der Waals surface area (Å²) in [7, 11) is 1.57. The fraction of sp³-hybridized carbons (Fsp3) is 0.500. The zero-order valence-electron chi connectivity index (χ0n) is 16.0. The van der Waals surface area contributed by atoms with E-state index in [9.17, 15) is 13.6 Å². The van der Waals surface area contributed by atoms with Crippen LogP contribution in [0.2, 0.25) is 0 Å². The number of alkyl halides is 2. The molecule has 8 nitrogen and oxygen atoms in total. The van der Waals surface area contributed by atoms with Crippen molar-refractivity contribution in [1.82, 2.24) is 24.5 Å². The molecule has 0 aliphatic carbocycles. The molecule has 10 heteroatoms. The van der Waals surface area contributed by atoms with Crippen molar-refractivity contribution in [1.29, 1.82) is 0 Å². The summed E-state index contributed by atoms with van der Waals surface area (Å²) in [6, 6.07) is 1.36. The summed E-state index contributed by atoms with van der Waals surface area (Å²) in [5.41, 5.74) is 6.79. The van der Waals surface area contributed by atoms with E-state index in [1.165, 1.54) is 23.1 Å². The summed E-state index contributed by atoms with van der Waals surface area (Å²) in [6.07, 6.45) is 0.737. The van der Waals surface area contributed by atoms with Crippen LogP contribution in [0.3, 0.4) is 0 Å². The normalized spacial score (nSPS) is 21.6. The van der Waals surface area contributed by atoms with Gasteiger partial charge in [-0.05, 0) is 25.3 Å². The minimum absolute atomic E-state index is 0.125. The molecule has 28 heavy (non-hydrogen) atoms. The summed E-state index contributed by atoms with van der Waals surface area (Å²) >= 11 is 0. The molecule has 1 aliphatic heterocycles. The number of aliphatic imine (C=N–C) groups is 1. The molecule has 2 aromatic rings. The number of carbonyl (C=O) groups is 1. The maximum absolute atomic E-state index is 13.3. The minimum atomic E-state index is -2.72. The van der Waals surface area contributed by atoms with Crippen LogP contribution in [0.5, 0.6) is 0 Å². The molecule has 1 unspecified atom stereocenters. The molecule has 1 saturated heterocycles. The maximum Gasteiger partial charge on any atom is 0.280 e. The molecule has 0 saturated carbocycles. The number of fused-ring (bicyclic) bond motifs is 1. The van der Waals surface area contributed by atoms with Gasteiger partial charge in [0, 0.05) is 38.0 Å². The second-order valence-corrected chi connectivity index (χ2v) is 6.99. The summed E-state index contributed by atoms with van der Waals surface area (Å²) in [4.78, 5) is 26.3. The predicted octanol–water partition coefficient (Wildman–Crippen LogP) is 1.95. The molecule has 0 bridgehead atoms. The fourth-order valence-electron chi connectivity index (χ4n) is 3.49. The minimum Gasteiger partial charge on any atom is -0.402 e. The van der Waals surface area contributed by atoms with E-state index >= 15 is 0 Å². The quantitative estimate of drug-likeness (QED) is 0.634. The third-order valence-corrected chi connectivity index (χ3v) is 5.06. The Bertz CT molecular complexity index is 933. The van der Waals surface area contributed by atoms with Crippen molar-refractivity contribution < 1.29 is 13.6 Å². The predicted molar refractivity (Wildman–Crippen MR) is 100 cm³/mol. The van der Waals surface area contributed by atoms with Gasteiger partial charge in [-0.1, -0.05) is 6.92 Å². The van der Waals surface area contributed by atoms with E-state index in [1.807, 2.05) is 6.92 Å². The van der Waals surface area contributed by atoms with Gasteiger partial charge in [0.2, 0.25) is 0 Å². The first kappa shape index (κ1) is 19.8. The third-order valence-electron chi connectivity index (χ3n) is 5.06. The van der Waals surface area contributed by atoms with Gasteiger partial charge in [0.1, 0.15) is 12.0 Å². The van der Waals surface area contributed by atoms with Crippen LogP contribution in [0.25, 0.3) is 5.78 Å². The Morgan fingerprint density at radius 2 is 2.21 bits per heavy atom. The maximum atomic E-state index is 13.3. The van der Waals surface area contributed by atoms with Gasteiger partial charge in [0.25, 0.3) is 18.1 Å². The monoisotopic (exact) mass is 391 g/mol. The van der Waals surface area contributed by atoms with E-state index in [0.29, 0.717) is 30.1 Å². The highest BCUT2D eigenvalue weighted by Crippen LogP contribution is 2.34. The van der Waals surface area contributed by atoms with Crippen LogP contribution >= 0.6 is 0 Å². The van der Waals surface area contributed by atoms with Crippen molar-refractivity contribution in [3.63, 3.8) is 0 Å². The molecular weight excluding hydrogens is 368 g/mol. The molecule has 1 aliphatic rings. The average Bonchev–Trinajstić information content (AvgIpc) is 3.13. The lowest BCUT2D eigenvalue weighted by molar-refractivity contribution is -0.128. The number of carbonyl (C=O) groups excluding carboxylic acids is 1. The topological polar surface area (TPSA) is 102 Å². The van der Waals surface area contributed by atoms with Gasteiger partial charge in [-0.3, -0.25) is 9.79 Å². The number of hydrogen-bond acceptors (Lipinski definition) is 6. The Labute approximate surface area is 161 Å². The standard InChI is InChI=1S/C18H23F2N7O/c1-10-4-5-26(17(28)12(7-22-3)11(2)21)8-13(10)15-6-14(16(19)20)25-18-23-9-24-27(15)18/h6-7,9-10,13,16H,4-5,8,21H2,1-3H3/t10?,13-/m1/s1. The summed E-state index contributed by atoms with van der Waals surface area (Å²) in [5, 5.41) is 4.14. The molecule has 3 rings (SSSR count). The molecule has 0 aromatic carbocycles. The highest BCUT2D eigenvalue weighted by molar-refractivity contribution is 6.12. The van der Waals surface area contributed by atoms with Gasteiger partial charge in [-0.15, -0.1) is 0 Å². The Morgan fingerprint density at radius 3 is 2.86 bits per heavy atom. The first-order valence-electron chi connectivity index (χ1n) is 9.00. The molecule has 2 aromatic heterocycles. The molecule has 1 fully saturated rings. The second-order valence-electron chi connectivity index (χ2n) is 6.99. The van der Waals surface area contributed by atoms with E-state index in [1.54, 1.807) is 18.9 Å². The lowest BCUT2D eigenvalue weighted by Crippen LogP contribution is -2.44. The molecule has 0 spiro atoms. The number of nitrogens with two attached hydrogens (primary N) is 1. The van der Waals surface area contributed by atoms with Gasteiger partial charge in [-0.25, -0.2) is 18.3 Å². The first-order valence-corrected chi connectivity index (χ1v) is 9.00.